The van der Waals surface area contributed by atoms with E-state index in [0.29, 0.717) is 11.4 Å². The minimum atomic E-state index is -4.14. The second-order valence-corrected chi connectivity index (χ2v) is 12.2. The van der Waals surface area contributed by atoms with Crippen LogP contribution in [0.2, 0.25) is 0 Å². The van der Waals surface area contributed by atoms with Gasteiger partial charge in [-0.1, -0.05) is 66.7 Å². The number of hydrogen-bond donors (Lipinski definition) is 1. The van der Waals surface area contributed by atoms with Crippen LogP contribution in [0.3, 0.4) is 0 Å². The van der Waals surface area contributed by atoms with Crippen LogP contribution in [0.15, 0.2) is 108 Å². The quantitative estimate of drug-likeness (QED) is 0.250. The summed E-state index contributed by atoms with van der Waals surface area (Å²) in [6.07, 6.45) is 0.241. The van der Waals surface area contributed by atoms with Crippen molar-refractivity contribution in [3.63, 3.8) is 0 Å². The summed E-state index contributed by atoms with van der Waals surface area (Å²) in [7, 11) is -1.06. The Balaban J connectivity index is 1.81. The van der Waals surface area contributed by atoms with Gasteiger partial charge in [0.05, 0.1) is 17.7 Å². The van der Waals surface area contributed by atoms with Crippen LogP contribution >= 0.6 is 0 Å². The third kappa shape index (κ3) is 7.81. The Morgan fingerprint density at radius 2 is 1.42 bits per heavy atom. The average molecular weight is 600 g/mol. The van der Waals surface area contributed by atoms with Gasteiger partial charge in [0.25, 0.3) is 10.0 Å². The Morgan fingerprint density at radius 1 is 0.814 bits per heavy atom. The number of methoxy groups -OCH3 is 1. The summed E-state index contributed by atoms with van der Waals surface area (Å²) in [5, 5.41) is 2.70. The molecule has 4 aromatic rings. The van der Waals surface area contributed by atoms with Crippen LogP contribution < -0.4 is 14.4 Å². The molecule has 1 atom stereocenters. The summed E-state index contributed by atoms with van der Waals surface area (Å²) in [6, 6.07) is 29.2. The van der Waals surface area contributed by atoms with Crippen molar-refractivity contribution in [3.8, 4) is 5.75 Å². The standard InChI is InChI=1S/C34H37N3O5S/c1-25-18-26(2)20-29(19-25)37(43(40,41)31-16-9-6-10-17-31)24-33(38)36(23-28-14-11-15-30(21-28)42-4)32(34(39)35-3)22-27-12-7-5-8-13-27/h5-21,32H,22-24H2,1-4H3,(H,35,39)/t32-/m1/s1. The minimum absolute atomic E-state index is 0.0625. The number of rotatable bonds is 12. The number of carbonyl (C=O) groups is 2. The van der Waals surface area contributed by atoms with Crippen molar-refractivity contribution >= 4 is 27.5 Å². The maximum absolute atomic E-state index is 14.4. The second kappa shape index (κ2) is 14.0. The number of carbonyl (C=O) groups excluding carboxylic acids is 2. The highest BCUT2D eigenvalue weighted by atomic mass is 32.2. The molecule has 0 unspecified atom stereocenters. The van der Waals surface area contributed by atoms with Crippen molar-refractivity contribution in [2.24, 2.45) is 0 Å². The highest BCUT2D eigenvalue weighted by molar-refractivity contribution is 7.92. The molecule has 0 spiro atoms. The number of hydrogen-bond acceptors (Lipinski definition) is 5. The van der Waals surface area contributed by atoms with E-state index in [1.165, 1.54) is 24.1 Å². The van der Waals surface area contributed by atoms with Crippen molar-refractivity contribution in [2.75, 3.05) is 25.0 Å². The number of amides is 2. The molecule has 1 N–H and O–H groups in total. The van der Waals surface area contributed by atoms with Crippen LogP contribution in [0.5, 0.6) is 5.75 Å². The van der Waals surface area contributed by atoms with Crippen molar-refractivity contribution in [2.45, 2.75) is 37.8 Å². The molecule has 8 nitrogen and oxygen atoms in total. The van der Waals surface area contributed by atoms with Crippen LogP contribution in [-0.2, 0) is 32.6 Å². The number of nitrogens with zero attached hydrogens (tertiary/aromatic N) is 2. The van der Waals surface area contributed by atoms with Crippen LogP contribution in [0.4, 0.5) is 5.69 Å². The van der Waals surface area contributed by atoms with Crippen LogP contribution in [0.25, 0.3) is 0 Å². The molecule has 0 aliphatic rings. The SMILES string of the molecule is CNC(=O)[C@@H](Cc1ccccc1)N(Cc1cccc(OC)c1)C(=O)CN(c1cc(C)cc(C)c1)S(=O)(=O)c1ccccc1. The highest BCUT2D eigenvalue weighted by Gasteiger charge is 2.34. The van der Waals surface area contributed by atoms with Gasteiger partial charge < -0.3 is 15.0 Å². The van der Waals surface area contributed by atoms with E-state index >= 15 is 0 Å². The van der Waals surface area contributed by atoms with Crippen LogP contribution in [0, 0.1) is 13.8 Å². The lowest BCUT2D eigenvalue weighted by Gasteiger charge is -2.33. The predicted molar refractivity (Wildman–Crippen MR) is 168 cm³/mol. The van der Waals surface area contributed by atoms with Gasteiger partial charge in [-0.15, -0.1) is 0 Å². The Labute approximate surface area is 254 Å². The number of nitrogens with one attached hydrogen (secondary N) is 1. The van der Waals surface area contributed by atoms with E-state index in [0.717, 1.165) is 26.6 Å². The summed E-state index contributed by atoms with van der Waals surface area (Å²) in [5.41, 5.74) is 3.68. The number of likely N-dealkylation sites (N-methyl/N-ethyl adjacent to an activating group) is 1. The number of ether oxygens (including phenoxy) is 1. The first-order valence-corrected chi connectivity index (χ1v) is 15.4. The molecular weight excluding hydrogens is 562 g/mol. The zero-order valence-electron chi connectivity index (χ0n) is 24.9. The molecule has 9 heteroatoms. The van der Waals surface area contributed by atoms with E-state index in [1.54, 1.807) is 49.6 Å². The lowest BCUT2D eigenvalue weighted by molar-refractivity contribution is -0.139. The van der Waals surface area contributed by atoms with Gasteiger partial charge in [-0.25, -0.2) is 8.42 Å². The third-order valence-electron chi connectivity index (χ3n) is 7.11. The lowest BCUT2D eigenvalue weighted by atomic mass is 10.0. The normalized spacial score (nSPS) is 11.8. The van der Waals surface area contributed by atoms with Gasteiger partial charge in [0.2, 0.25) is 11.8 Å². The van der Waals surface area contributed by atoms with Gasteiger partial charge in [-0.2, -0.15) is 0 Å². The van der Waals surface area contributed by atoms with Crippen molar-refractivity contribution in [1.29, 1.82) is 0 Å². The molecule has 43 heavy (non-hydrogen) atoms. The predicted octanol–water partition coefficient (Wildman–Crippen LogP) is 4.89. The van der Waals surface area contributed by atoms with Crippen LogP contribution in [0.1, 0.15) is 22.3 Å². The first-order chi connectivity index (χ1) is 20.6. The zero-order chi connectivity index (χ0) is 31.0. The van der Waals surface area contributed by atoms with Gasteiger partial charge >= 0.3 is 0 Å². The Hall–Kier alpha value is -4.63. The van der Waals surface area contributed by atoms with Gasteiger partial charge in [0.1, 0.15) is 18.3 Å². The third-order valence-corrected chi connectivity index (χ3v) is 8.90. The second-order valence-electron chi connectivity index (χ2n) is 10.4. The first kappa shape index (κ1) is 31.3. The van der Waals surface area contributed by atoms with Gasteiger partial charge in [-0.3, -0.25) is 13.9 Å². The van der Waals surface area contributed by atoms with Crippen molar-refractivity contribution < 1.29 is 22.7 Å². The number of benzene rings is 4. The number of anilines is 1. The molecule has 224 valence electrons. The van der Waals surface area contributed by atoms with E-state index in [1.807, 2.05) is 62.4 Å². The monoisotopic (exact) mass is 599 g/mol. The molecule has 2 amide bonds. The van der Waals surface area contributed by atoms with E-state index in [2.05, 4.69) is 5.32 Å². The Morgan fingerprint density at radius 3 is 2.02 bits per heavy atom. The van der Waals surface area contributed by atoms with E-state index in [4.69, 9.17) is 4.74 Å². The maximum Gasteiger partial charge on any atom is 0.264 e. The van der Waals surface area contributed by atoms with Gasteiger partial charge in [0, 0.05) is 20.0 Å². The fourth-order valence-corrected chi connectivity index (χ4v) is 6.45. The molecular formula is C34H37N3O5S. The first-order valence-electron chi connectivity index (χ1n) is 14.0. The zero-order valence-corrected chi connectivity index (χ0v) is 25.7. The largest absolute Gasteiger partial charge is 0.497 e. The molecule has 0 radical (unpaired) electrons. The topological polar surface area (TPSA) is 96.0 Å². The summed E-state index contributed by atoms with van der Waals surface area (Å²) in [5.74, 6) is -0.275. The van der Waals surface area contributed by atoms with Gasteiger partial charge in [0.15, 0.2) is 0 Å². The average Bonchev–Trinajstić information content (AvgIpc) is 3.01. The fourth-order valence-electron chi connectivity index (χ4n) is 5.03. The molecule has 0 saturated heterocycles. The van der Waals surface area contributed by atoms with E-state index in [-0.39, 0.29) is 23.8 Å². The summed E-state index contributed by atoms with van der Waals surface area (Å²) in [6.45, 7) is 3.31. The fraction of sp³-hybridized carbons (Fsp3) is 0.235. The minimum Gasteiger partial charge on any atom is -0.497 e. The lowest BCUT2D eigenvalue weighted by Crippen LogP contribution is -2.53. The molecule has 0 heterocycles. The highest BCUT2D eigenvalue weighted by Crippen LogP contribution is 2.27. The Bertz CT molecular complexity index is 1640. The summed E-state index contributed by atoms with van der Waals surface area (Å²) >= 11 is 0. The summed E-state index contributed by atoms with van der Waals surface area (Å²) in [4.78, 5) is 29.3. The van der Waals surface area contributed by atoms with Crippen molar-refractivity contribution in [3.05, 3.63) is 125 Å². The smallest absolute Gasteiger partial charge is 0.264 e. The Kier molecular flexibility index (Phi) is 10.2. The molecule has 0 fully saturated rings. The molecule has 0 aliphatic heterocycles. The van der Waals surface area contributed by atoms with Gasteiger partial charge in [-0.05, 0) is 72.5 Å². The molecule has 0 aromatic heterocycles. The number of aryl methyl sites for hydroxylation is 2. The van der Waals surface area contributed by atoms with Crippen LogP contribution in [-0.4, -0.2) is 51.9 Å². The van der Waals surface area contributed by atoms with Crippen molar-refractivity contribution in [1.82, 2.24) is 10.2 Å². The molecule has 0 aliphatic carbocycles. The molecule has 4 aromatic carbocycles. The number of sulfonamides is 1. The maximum atomic E-state index is 14.4. The molecule has 0 bridgehead atoms. The van der Waals surface area contributed by atoms with E-state index < -0.39 is 28.5 Å². The molecule has 0 saturated carbocycles. The summed E-state index contributed by atoms with van der Waals surface area (Å²) < 4.78 is 34.7. The van der Waals surface area contributed by atoms with E-state index in [9.17, 15) is 18.0 Å². The molecule has 4 rings (SSSR count).